The Balaban J connectivity index is 1.98. The van der Waals surface area contributed by atoms with E-state index in [1.807, 2.05) is 0 Å². The second-order valence-corrected chi connectivity index (χ2v) is 4.42. The van der Waals surface area contributed by atoms with Crippen molar-refractivity contribution in [2.75, 3.05) is 5.32 Å². The number of carbonyl (C=O) groups excluding carboxylic acids is 1. The number of carbonyl (C=O) groups is 1. The first-order valence-corrected chi connectivity index (χ1v) is 6.48. The monoisotopic (exact) mass is 328 g/mol. The second kappa shape index (κ2) is 7.48. The van der Waals surface area contributed by atoms with Crippen LogP contribution in [0, 0.1) is 11.6 Å². The lowest BCUT2D eigenvalue weighted by atomic mass is 10.2. The Morgan fingerprint density at radius 2 is 1.87 bits per heavy atom. The number of amides is 2. The molecule has 0 saturated heterocycles. The third kappa shape index (κ3) is 4.87. The van der Waals surface area contributed by atoms with Gasteiger partial charge in [0.1, 0.15) is 17.4 Å². The summed E-state index contributed by atoms with van der Waals surface area (Å²) < 4.78 is 55.2. The fraction of sp³-hybridized carbons (Fsp3) is 0.133. The summed E-state index contributed by atoms with van der Waals surface area (Å²) in [7, 11) is 0. The average molecular weight is 328 g/mol. The lowest BCUT2D eigenvalue weighted by Gasteiger charge is -2.12. The predicted octanol–water partition coefficient (Wildman–Crippen LogP) is 3.89. The summed E-state index contributed by atoms with van der Waals surface area (Å²) in [5.74, 6) is -1.60. The van der Waals surface area contributed by atoms with Crippen molar-refractivity contribution < 1.29 is 27.1 Å². The Bertz CT molecular complexity index is 695. The maximum atomic E-state index is 13.4. The first kappa shape index (κ1) is 16.6. The third-order valence-corrected chi connectivity index (χ3v) is 2.80. The minimum atomic E-state index is -2.99. The number of alkyl halides is 2. The van der Waals surface area contributed by atoms with Gasteiger partial charge in [0.15, 0.2) is 0 Å². The second-order valence-electron chi connectivity index (χ2n) is 4.42. The van der Waals surface area contributed by atoms with Crippen LogP contribution in [0.4, 0.5) is 28.0 Å². The van der Waals surface area contributed by atoms with Gasteiger partial charge in [-0.1, -0.05) is 18.2 Å². The molecule has 0 aliphatic heterocycles. The third-order valence-electron chi connectivity index (χ3n) is 2.80. The van der Waals surface area contributed by atoms with E-state index in [-0.39, 0.29) is 18.0 Å². The van der Waals surface area contributed by atoms with Crippen LogP contribution in [0.5, 0.6) is 5.75 Å². The van der Waals surface area contributed by atoms with Gasteiger partial charge < -0.3 is 15.4 Å². The quantitative estimate of drug-likeness (QED) is 0.818. The van der Waals surface area contributed by atoms with Gasteiger partial charge in [-0.3, -0.25) is 0 Å². The molecule has 0 unspecified atom stereocenters. The van der Waals surface area contributed by atoms with E-state index in [4.69, 9.17) is 0 Å². The molecule has 0 saturated carbocycles. The smallest absolute Gasteiger partial charge is 0.387 e. The van der Waals surface area contributed by atoms with Crippen LogP contribution in [-0.2, 0) is 6.54 Å². The Hall–Kier alpha value is -2.77. The highest BCUT2D eigenvalue weighted by atomic mass is 19.3. The predicted molar refractivity (Wildman–Crippen MR) is 75.3 cm³/mol. The standard InChI is InChI=1S/C15H12F4N2O2/c16-10-5-6-11(17)12(7-10)21-15(22)20-8-9-3-1-2-4-13(9)23-14(18)19/h1-7,14H,8H2,(H2,20,21,22). The lowest BCUT2D eigenvalue weighted by molar-refractivity contribution is -0.0504. The normalized spacial score (nSPS) is 10.5. The zero-order valence-corrected chi connectivity index (χ0v) is 11.7. The van der Waals surface area contributed by atoms with Gasteiger partial charge >= 0.3 is 12.6 Å². The van der Waals surface area contributed by atoms with E-state index < -0.39 is 24.3 Å². The van der Waals surface area contributed by atoms with Crippen molar-refractivity contribution in [1.82, 2.24) is 5.32 Å². The number of hydrogen-bond acceptors (Lipinski definition) is 2. The number of nitrogens with one attached hydrogen (secondary N) is 2. The van der Waals surface area contributed by atoms with Crippen molar-refractivity contribution in [2.24, 2.45) is 0 Å². The highest BCUT2D eigenvalue weighted by Gasteiger charge is 2.11. The number of benzene rings is 2. The first-order chi connectivity index (χ1) is 11.0. The van der Waals surface area contributed by atoms with Gasteiger partial charge in [0.2, 0.25) is 0 Å². The number of urea groups is 1. The van der Waals surface area contributed by atoms with E-state index in [0.29, 0.717) is 5.56 Å². The molecule has 0 aromatic heterocycles. The van der Waals surface area contributed by atoms with Gasteiger partial charge in [-0.25, -0.2) is 13.6 Å². The maximum Gasteiger partial charge on any atom is 0.387 e. The fourth-order valence-electron chi connectivity index (χ4n) is 1.80. The summed E-state index contributed by atoms with van der Waals surface area (Å²) >= 11 is 0. The van der Waals surface area contributed by atoms with E-state index in [1.54, 1.807) is 6.07 Å². The molecule has 0 radical (unpaired) electrons. The van der Waals surface area contributed by atoms with E-state index in [9.17, 15) is 22.4 Å². The highest BCUT2D eigenvalue weighted by molar-refractivity contribution is 5.89. The van der Waals surface area contributed by atoms with Crippen LogP contribution < -0.4 is 15.4 Å². The van der Waals surface area contributed by atoms with Gasteiger partial charge in [-0.15, -0.1) is 0 Å². The average Bonchev–Trinajstić information content (AvgIpc) is 2.49. The Morgan fingerprint density at radius 3 is 2.61 bits per heavy atom. The van der Waals surface area contributed by atoms with Gasteiger partial charge in [-0.2, -0.15) is 8.78 Å². The zero-order valence-electron chi connectivity index (χ0n) is 11.7. The Morgan fingerprint density at radius 1 is 1.13 bits per heavy atom. The molecule has 2 amide bonds. The summed E-state index contributed by atoms with van der Waals surface area (Å²) in [6, 6.07) is 7.69. The van der Waals surface area contributed by atoms with Crippen molar-refractivity contribution in [3.63, 3.8) is 0 Å². The maximum absolute atomic E-state index is 13.4. The summed E-state index contributed by atoms with van der Waals surface area (Å²) in [5, 5.41) is 4.47. The van der Waals surface area contributed by atoms with E-state index >= 15 is 0 Å². The molecule has 2 rings (SSSR count). The SMILES string of the molecule is O=C(NCc1ccccc1OC(F)F)Nc1cc(F)ccc1F. The molecule has 0 aliphatic rings. The van der Waals surface area contributed by atoms with Crippen molar-refractivity contribution in [3.05, 3.63) is 59.7 Å². The molecule has 2 aromatic carbocycles. The highest BCUT2D eigenvalue weighted by Crippen LogP contribution is 2.20. The molecule has 2 N–H and O–H groups in total. The van der Waals surface area contributed by atoms with Crippen LogP contribution in [0.1, 0.15) is 5.56 Å². The minimum absolute atomic E-state index is 0.0836. The van der Waals surface area contributed by atoms with Crippen LogP contribution in [0.15, 0.2) is 42.5 Å². The lowest BCUT2D eigenvalue weighted by Crippen LogP contribution is -2.28. The number of halogens is 4. The zero-order chi connectivity index (χ0) is 16.8. The van der Waals surface area contributed by atoms with Crippen LogP contribution in [0.25, 0.3) is 0 Å². The summed E-state index contributed by atoms with van der Waals surface area (Å²) in [4.78, 5) is 11.7. The molecule has 23 heavy (non-hydrogen) atoms. The van der Waals surface area contributed by atoms with Crippen molar-refractivity contribution in [3.8, 4) is 5.75 Å². The molecule has 0 aliphatic carbocycles. The number of anilines is 1. The van der Waals surface area contributed by atoms with Crippen LogP contribution in [0.2, 0.25) is 0 Å². The number of ether oxygens (including phenoxy) is 1. The molecular weight excluding hydrogens is 316 g/mol. The van der Waals surface area contributed by atoms with Crippen LogP contribution in [-0.4, -0.2) is 12.6 Å². The summed E-state index contributed by atoms with van der Waals surface area (Å²) in [5.41, 5.74) is -0.0257. The molecule has 0 fully saturated rings. The van der Waals surface area contributed by atoms with Crippen molar-refractivity contribution in [1.29, 1.82) is 0 Å². The molecule has 0 bridgehead atoms. The molecule has 0 spiro atoms. The Kier molecular flexibility index (Phi) is 5.40. The van der Waals surface area contributed by atoms with E-state index in [1.165, 1.54) is 18.2 Å². The van der Waals surface area contributed by atoms with Gasteiger partial charge in [0, 0.05) is 18.2 Å². The van der Waals surface area contributed by atoms with E-state index in [0.717, 1.165) is 18.2 Å². The van der Waals surface area contributed by atoms with Gasteiger partial charge in [0.05, 0.1) is 5.69 Å². The molecule has 8 heteroatoms. The van der Waals surface area contributed by atoms with Crippen LogP contribution in [0.3, 0.4) is 0 Å². The molecule has 122 valence electrons. The summed E-state index contributed by atoms with van der Waals surface area (Å²) in [6.45, 7) is -3.13. The van der Waals surface area contributed by atoms with Gasteiger partial charge in [-0.05, 0) is 18.2 Å². The minimum Gasteiger partial charge on any atom is -0.434 e. The van der Waals surface area contributed by atoms with E-state index in [2.05, 4.69) is 15.4 Å². The van der Waals surface area contributed by atoms with Crippen molar-refractivity contribution in [2.45, 2.75) is 13.2 Å². The molecule has 0 atom stereocenters. The fourth-order valence-corrected chi connectivity index (χ4v) is 1.80. The van der Waals surface area contributed by atoms with Gasteiger partial charge in [0.25, 0.3) is 0 Å². The molecule has 0 heterocycles. The van der Waals surface area contributed by atoms with Crippen molar-refractivity contribution >= 4 is 11.7 Å². The molecule has 4 nitrogen and oxygen atoms in total. The molecule has 2 aromatic rings. The van der Waals surface area contributed by atoms with Crippen LogP contribution >= 0.6 is 0 Å². The summed E-state index contributed by atoms with van der Waals surface area (Å²) in [6.07, 6.45) is 0. The Labute approximate surface area is 129 Å². The largest absolute Gasteiger partial charge is 0.434 e. The topological polar surface area (TPSA) is 50.4 Å². The number of para-hydroxylation sites is 1. The molecular formula is C15H12F4N2O2. The first-order valence-electron chi connectivity index (χ1n) is 6.48. The number of rotatable bonds is 5. The number of hydrogen-bond donors (Lipinski definition) is 2.